The highest BCUT2D eigenvalue weighted by atomic mass is 32.2. The van der Waals surface area contributed by atoms with Crippen LogP contribution in [0.5, 0.6) is 0 Å². The molecule has 1 amide bonds. The van der Waals surface area contributed by atoms with Crippen molar-refractivity contribution >= 4 is 23.6 Å². The quantitative estimate of drug-likeness (QED) is 0.661. The molecular weight excluding hydrogens is 417 g/mol. The molecule has 2 N–H and O–H groups in total. The fourth-order valence-electron chi connectivity index (χ4n) is 3.37. The van der Waals surface area contributed by atoms with E-state index in [2.05, 4.69) is 15.3 Å². The van der Waals surface area contributed by atoms with Crippen molar-refractivity contribution in [1.82, 2.24) is 15.3 Å². The van der Waals surface area contributed by atoms with Crippen LogP contribution in [0.1, 0.15) is 48.8 Å². The van der Waals surface area contributed by atoms with Gasteiger partial charge < -0.3 is 10.2 Å². The third-order valence-electron chi connectivity index (χ3n) is 4.79. The molecule has 30 heavy (non-hydrogen) atoms. The number of rotatable bonds is 6. The van der Waals surface area contributed by atoms with Gasteiger partial charge in [0, 0.05) is 24.1 Å². The Morgan fingerprint density at radius 1 is 1.20 bits per heavy atom. The van der Waals surface area contributed by atoms with Crippen molar-refractivity contribution in [3.8, 4) is 0 Å². The van der Waals surface area contributed by atoms with Gasteiger partial charge in [-0.3, -0.25) is 14.6 Å². The van der Waals surface area contributed by atoms with Crippen LogP contribution in [-0.4, -0.2) is 34.5 Å². The summed E-state index contributed by atoms with van der Waals surface area (Å²) in [6.07, 6.45) is 2.00. The molecular formula is C20H23F3N4O2S. The lowest BCUT2D eigenvalue weighted by molar-refractivity contribution is -0.0328. The number of nitrogens with one attached hydrogen (secondary N) is 2. The van der Waals surface area contributed by atoms with Gasteiger partial charge >= 0.3 is 5.51 Å². The lowest BCUT2D eigenvalue weighted by Gasteiger charge is -2.23. The summed E-state index contributed by atoms with van der Waals surface area (Å²) in [5, 5.41) is 2.86. The average molecular weight is 440 g/mol. The Morgan fingerprint density at radius 3 is 2.40 bits per heavy atom. The number of carbonyl (C=O) groups is 1. The van der Waals surface area contributed by atoms with E-state index in [4.69, 9.17) is 0 Å². The van der Waals surface area contributed by atoms with Crippen LogP contribution in [0.25, 0.3) is 0 Å². The summed E-state index contributed by atoms with van der Waals surface area (Å²) in [4.78, 5) is 33.8. The molecule has 1 aliphatic heterocycles. The van der Waals surface area contributed by atoms with Crippen molar-refractivity contribution in [1.29, 1.82) is 0 Å². The molecule has 1 unspecified atom stereocenters. The number of thioether (sulfide) groups is 1. The van der Waals surface area contributed by atoms with Gasteiger partial charge in [0.05, 0.1) is 6.04 Å². The molecule has 1 aliphatic rings. The zero-order valence-corrected chi connectivity index (χ0v) is 17.4. The number of hydrogen-bond acceptors (Lipinski definition) is 5. The van der Waals surface area contributed by atoms with Crippen LogP contribution in [0, 0.1) is 5.92 Å². The van der Waals surface area contributed by atoms with Crippen molar-refractivity contribution in [3.63, 3.8) is 0 Å². The maximum absolute atomic E-state index is 12.8. The van der Waals surface area contributed by atoms with Gasteiger partial charge in [-0.2, -0.15) is 13.2 Å². The number of nitrogens with zero attached hydrogens (tertiary/aromatic N) is 2. The van der Waals surface area contributed by atoms with E-state index in [1.807, 2.05) is 18.7 Å². The topological polar surface area (TPSA) is 78.1 Å². The van der Waals surface area contributed by atoms with Crippen molar-refractivity contribution in [2.24, 2.45) is 5.92 Å². The predicted molar refractivity (Wildman–Crippen MR) is 110 cm³/mol. The van der Waals surface area contributed by atoms with E-state index in [9.17, 15) is 22.8 Å². The summed E-state index contributed by atoms with van der Waals surface area (Å²) in [6.45, 7) is 5.32. The van der Waals surface area contributed by atoms with Gasteiger partial charge in [-0.1, -0.05) is 26.0 Å². The van der Waals surface area contributed by atoms with Gasteiger partial charge in [-0.25, -0.2) is 4.98 Å². The molecule has 0 saturated carbocycles. The monoisotopic (exact) mass is 440 g/mol. The van der Waals surface area contributed by atoms with Gasteiger partial charge in [0.15, 0.2) is 0 Å². The van der Waals surface area contributed by atoms with Gasteiger partial charge in [0.2, 0.25) is 5.95 Å². The molecule has 2 aromatic rings. The third-order valence-corrected chi connectivity index (χ3v) is 5.53. The van der Waals surface area contributed by atoms with E-state index in [0.717, 1.165) is 32.0 Å². The van der Waals surface area contributed by atoms with Crippen LogP contribution in [0.2, 0.25) is 0 Å². The zero-order valence-electron chi connectivity index (χ0n) is 16.6. The maximum atomic E-state index is 12.8. The summed E-state index contributed by atoms with van der Waals surface area (Å²) < 4.78 is 37.6. The summed E-state index contributed by atoms with van der Waals surface area (Å²) in [5.41, 5.74) is -4.08. The lowest BCUT2D eigenvalue weighted by atomic mass is 9.96. The van der Waals surface area contributed by atoms with Gasteiger partial charge in [0.25, 0.3) is 11.5 Å². The molecule has 0 radical (unpaired) electrons. The van der Waals surface area contributed by atoms with Crippen molar-refractivity contribution in [2.75, 3.05) is 18.0 Å². The number of benzene rings is 1. The molecule has 3 rings (SSSR count). The summed E-state index contributed by atoms with van der Waals surface area (Å²) in [5.74, 6) is -0.163. The highest BCUT2D eigenvalue weighted by Crippen LogP contribution is 2.37. The second-order valence-electron chi connectivity index (χ2n) is 7.46. The Labute approximate surface area is 176 Å². The molecule has 1 aromatic heterocycles. The molecule has 162 valence electrons. The number of anilines is 1. The number of aromatic nitrogens is 2. The van der Waals surface area contributed by atoms with Crippen LogP contribution in [0.4, 0.5) is 19.1 Å². The Balaban J connectivity index is 1.78. The predicted octanol–water partition coefficient (Wildman–Crippen LogP) is 4.11. The van der Waals surface area contributed by atoms with Crippen molar-refractivity contribution in [2.45, 2.75) is 43.1 Å². The largest absolute Gasteiger partial charge is 0.446 e. The minimum absolute atomic E-state index is 0.00977. The molecule has 2 heterocycles. The first-order valence-corrected chi connectivity index (χ1v) is 10.5. The van der Waals surface area contributed by atoms with Crippen molar-refractivity contribution in [3.05, 3.63) is 51.9 Å². The average Bonchev–Trinajstić information content (AvgIpc) is 3.19. The Hall–Kier alpha value is -2.49. The number of halogens is 3. The zero-order chi connectivity index (χ0) is 21.9. The maximum Gasteiger partial charge on any atom is 0.446 e. The fourth-order valence-corrected chi connectivity index (χ4v) is 3.91. The second kappa shape index (κ2) is 9.11. The van der Waals surface area contributed by atoms with E-state index >= 15 is 0 Å². The minimum Gasteiger partial charge on any atom is -0.344 e. The van der Waals surface area contributed by atoms with Crippen LogP contribution in [-0.2, 0) is 0 Å². The Morgan fingerprint density at radius 2 is 1.83 bits per heavy atom. The normalized spacial score (nSPS) is 15.5. The highest BCUT2D eigenvalue weighted by molar-refractivity contribution is 8.00. The number of aromatic amines is 1. The first-order chi connectivity index (χ1) is 14.1. The van der Waals surface area contributed by atoms with Crippen LogP contribution >= 0.6 is 11.8 Å². The Kier molecular flexibility index (Phi) is 6.74. The number of alkyl halides is 3. The second-order valence-corrected chi connectivity index (χ2v) is 8.60. The summed E-state index contributed by atoms with van der Waals surface area (Å²) in [6, 6.07) is 6.60. The lowest BCUT2D eigenvalue weighted by Crippen LogP contribution is -2.34. The molecule has 1 fully saturated rings. The number of carbonyl (C=O) groups excluding carboxylic acids is 1. The van der Waals surface area contributed by atoms with E-state index in [1.165, 1.54) is 12.1 Å². The third kappa shape index (κ3) is 5.78. The standard InChI is InChI=1S/C20H23F3N4O2S/c1-12(2)17(13-5-7-14(8-6-13)30-20(21,22)23)26-18(29)15-11-16(28)25-19(24-15)27-9-3-4-10-27/h5-8,11-12,17H,3-4,9-10H2,1-2H3,(H,26,29)(H,24,25,28). The van der Waals surface area contributed by atoms with Crippen molar-refractivity contribution < 1.29 is 18.0 Å². The first kappa shape index (κ1) is 22.2. The molecule has 6 nitrogen and oxygen atoms in total. The van der Waals surface area contributed by atoms with Crippen LogP contribution in [0.15, 0.2) is 40.0 Å². The van der Waals surface area contributed by atoms with E-state index in [-0.39, 0.29) is 28.3 Å². The smallest absolute Gasteiger partial charge is 0.344 e. The fraction of sp³-hybridized carbons (Fsp3) is 0.450. The van der Waals surface area contributed by atoms with E-state index in [0.29, 0.717) is 11.5 Å². The highest BCUT2D eigenvalue weighted by Gasteiger charge is 2.29. The SMILES string of the molecule is CC(C)C(NC(=O)c1cc(=O)[nH]c(N2CCCC2)n1)c1ccc(SC(F)(F)F)cc1. The number of H-pyrrole nitrogens is 1. The van der Waals surface area contributed by atoms with Crippen LogP contribution in [0.3, 0.4) is 0 Å². The van der Waals surface area contributed by atoms with Gasteiger partial charge in [0.1, 0.15) is 5.69 Å². The number of hydrogen-bond donors (Lipinski definition) is 2. The van der Waals surface area contributed by atoms with Gasteiger partial charge in [-0.05, 0) is 48.2 Å². The minimum atomic E-state index is -4.35. The van der Waals surface area contributed by atoms with Gasteiger partial charge in [-0.15, -0.1) is 0 Å². The Bertz CT molecular complexity index is 938. The first-order valence-electron chi connectivity index (χ1n) is 9.65. The van der Waals surface area contributed by atoms with E-state index < -0.39 is 23.0 Å². The molecule has 1 aromatic carbocycles. The molecule has 1 saturated heterocycles. The molecule has 0 aliphatic carbocycles. The molecule has 0 bridgehead atoms. The summed E-state index contributed by atoms with van der Waals surface area (Å²) in [7, 11) is 0. The summed E-state index contributed by atoms with van der Waals surface area (Å²) >= 11 is -0.185. The van der Waals surface area contributed by atoms with Crippen LogP contribution < -0.4 is 15.8 Å². The van der Waals surface area contributed by atoms with E-state index in [1.54, 1.807) is 12.1 Å². The number of amides is 1. The molecule has 10 heteroatoms. The molecule has 0 spiro atoms. The molecule has 1 atom stereocenters.